The van der Waals surface area contributed by atoms with Crippen LogP contribution in [-0.2, 0) is 4.74 Å². The molecule has 19 heavy (non-hydrogen) atoms. The van der Waals surface area contributed by atoms with Gasteiger partial charge in [0, 0.05) is 18.7 Å². The molecular weight excluding hydrogens is 246 g/mol. The van der Waals surface area contributed by atoms with Crippen molar-refractivity contribution in [1.29, 1.82) is 0 Å². The highest BCUT2D eigenvalue weighted by molar-refractivity contribution is 5.52. The molecule has 1 aliphatic rings. The highest BCUT2D eigenvalue weighted by Gasteiger charge is 2.29. The number of nitrogens with two attached hydrogens (primary N) is 1. The molecule has 2 rings (SSSR count). The number of hydrogen-bond donors (Lipinski definition) is 1. The van der Waals surface area contributed by atoms with Crippen molar-refractivity contribution in [2.45, 2.75) is 25.0 Å². The first kappa shape index (κ1) is 14.0. The van der Waals surface area contributed by atoms with Gasteiger partial charge in [-0.2, -0.15) is 0 Å². The van der Waals surface area contributed by atoms with E-state index in [1.54, 1.807) is 21.3 Å². The number of methoxy groups -OCH3 is 3. The maximum Gasteiger partial charge on any atom is 0.131 e. The third-order valence-electron chi connectivity index (χ3n) is 3.45. The Hall–Kier alpha value is -1.46. The summed E-state index contributed by atoms with van der Waals surface area (Å²) in [6, 6.07) is 3.36. The molecule has 0 bridgehead atoms. The fourth-order valence-corrected chi connectivity index (χ4v) is 2.43. The van der Waals surface area contributed by atoms with Crippen molar-refractivity contribution in [3.05, 3.63) is 17.7 Å². The van der Waals surface area contributed by atoms with E-state index < -0.39 is 0 Å². The van der Waals surface area contributed by atoms with Gasteiger partial charge in [-0.3, -0.25) is 0 Å². The molecule has 2 atom stereocenters. The van der Waals surface area contributed by atoms with Crippen LogP contribution < -0.4 is 19.9 Å². The molecule has 0 spiro atoms. The predicted molar refractivity (Wildman–Crippen MR) is 72.0 cm³/mol. The lowest BCUT2D eigenvalue weighted by atomic mass is 9.98. The highest BCUT2D eigenvalue weighted by atomic mass is 16.5. The maximum absolute atomic E-state index is 6.32. The van der Waals surface area contributed by atoms with Crippen molar-refractivity contribution < 1.29 is 18.9 Å². The van der Waals surface area contributed by atoms with E-state index in [4.69, 9.17) is 24.7 Å². The average Bonchev–Trinajstić information content (AvgIpc) is 2.99. The van der Waals surface area contributed by atoms with Gasteiger partial charge in [0.15, 0.2) is 0 Å². The van der Waals surface area contributed by atoms with Crippen molar-refractivity contribution in [3.63, 3.8) is 0 Å². The third kappa shape index (κ3) is 2.77. The van der Waals surface area contributed by atoms with Crippen LogP contribution >= 0.6 is 0 Å². The maximum atomic E-state index is 6.32. The minimum absolute atomic E-state index is 0.0104. The Morgan fingerprint density at radius 3 is 2.21 bits per heavy atom. The van der Waals surface area contributed by atoms with Crippen LogP contribution in [0.5, 0.6) is 17.2 Å². The van der Waals surface area contributed by atoms with Crippen LogP contribution in [0.15, 0.2) is 12.1 Å². The van der Waals surface area contributed by atoms with Gasteiger partial charge in [-0.15, -0.1) is 0 Å². The van der Waals surface area contributed by atoms with Crippen LogP contribution in [0.25, 0.3) is 0 Å². The van der Waals surface area contributed by atoms with Crippen molar-refractivity contribution in [3.8, 4) is 17.2 Å². The minimum Gasteiger partial charge on any atom is -0.496 e. The smallest absolute Gasteiger partial charge is 0.131 e. The Kier molecular flexibility index (Phi) is 4.50. The van der Waals surface area contributed by atoms with Gasteiger partial charge in [0.25, 0.3) is 0 Å². The predicted octanol–water partition coefficient (Wildman–Crippen LogP) is 1.89. The molecule has 0 radical (unpaired) electrons. The first-order valence-electron chi connectivity index (χ1n) is 6.38. The van der Waals surface area contributed by atoms with Gasteiger partial charge in [0.1, 0.15) is 17.2 Å². The largest absolute Gasteiger partial charge is 0.496 e. The normalized spacial score (nSPS) is 20.1. The summed E-state index contributed by atoms with van der Waals surface area (Å²) < 4.78 is 21.7. The van der Waals surface area contributed by atoms with Crippen molar-refractivity contribution >= 4 is 0 Å². The summed E-state index contributed by atoms with van der Waals surface area (Å²) in [6.07, 6.45) is 2.01. The molecule has 0 saturated carbocycles. The van der Waals surface area contributed by atoms with E-state index in [-0.39, 0.29) is 12.1 Å². The summed E-state index contributed by atoms with van der Waals surface area (Å²) in [7, 11) is 4.83. The van der Waals surface area contributed by atoms with Crippen molar-refractivity contribution in [2.24, 2.45) is 5.73 Å². The van der Waals surface area contributed by atoms with Gasteiger partial charge < -0.3 is 24.7 Å². The van der Waals surface area contributed by atoms with Gasteiger partial charge in [-0.1, -0.05) is 0 Å². The lowest BCUT2D eigenvalue weighted by Crippen LogP contribution is -2.26. The fourth-order valence-electron chi connectivity index (χ4n) is 2.43. The van der Waals surface area contributed by atoms with E-state index in [0.717, 1.165) is 25.0 Å². The molecule has 5 nitrogen and oxygen atoms in total. The van der Waals surface area contributed by atoms with E-state index in [0.29, 0.717) is 17.2 Å². The molecule has 2 N–H and O–H groups in total. The monoisotopic (exact) mass is 267 g/mol. The lowest BCUT2D eigenvalue weighted by molar-refractivity contribution is 0.0884. The van der Waals surface area contributed by atoms with Crippen LogP contribution in [0.3, 0.4) is 0 Å². The Bertz CT molecular complexity index is 404. The molecule has 1 aromatic rings. The second-order valence-electron chi connectivity index (χ2n) is 4.52. The van der Waals surface area contributed by atoms with Crippen LogP contribution in [0.4, 0.5) is 0 Å². The fraction of sp³-hybridized carbons (Fsp3) is 0.571. The Morgan fingerprint density at radius 2 is 1.79 bits per heavy atom. The highest BCUT2D eigenvalue weighted by Crippen LogP contribution is 2.40. The molecule has 1 aliphatic heterocycles. The molecular formula is C14H21NO4. The summed E-state index contributed by atoms with van der Waals surface area (Å²) in [6.45, 7) is 0.763. The van der Waals surface area contributed by atoms with Gasteiger partial charge >= 0.3 is 0 Å². The molecule has 106 valence electrons. The first-order valence-corrected chi connectivity index (χ1v) is 6.38. The van der Waals surface area contributed by atoms with Crippen LogP contribution in [-0.4, -0.2) is 34.0 Å². The zero-order chi connectivity index (χ0) is 13.8. The molecule has 5 heteroatoms. The van der Waals surface area contributed by atoms with Crippen LogP contribution in [0.2, 0.25) is 0 Å². The zero-order valence-electron chi connectivity index (χ0n) is 11.6. The van der Waals surface area contributed by atoms with Crippen molar-refractivity contribution in [2.75, 3.05) is 27.9 Å². The van der Waals surface area contributed by atoms with Gasteiger partial charge in [0.05, 0.1) is 39.0 Å². The quantitative estimate of drug-likeness (QED) is 0.882. The molecule has 0 aliphatic carbocycles. The standard InChI is InChI=1S/C14H21NO4/c1-16-9-7-11(17-2)13(12(8-9)18-3)14(15)10-5-4-6-19-10/h7-8,10,14H,4-6,15H2,1-3H3. The number of benzene rings is 1. The summed E-state index contributed by atoms with van der Waals surface area (Å²) in [4.78, 5) is 0. The second-order valence-corrected chi connectivity index (χ2v) is 4.52. The van der Waals surface area contributed by atoms with E-state index in [9.17, 15) is 0 Å². The molecule has 0 aromatic heterocycles. The van der Waals surface area contributed by atoms with Gasteiger partial charge in [-0.25, -0.2) is 0 Å². The number of hydrogen-bond acceptors (Lipinski definition) is 5. The van der Waals surface area contributed by atoms with Crippen molar-refractivity contribution in [1.82, 2.24) is 0 Å². The Labute approximate surface area is 113 Å². The third-order valence-corrected chi connectivity index (χ3v) is 3.45. The number of ether oxygens (including phenoxy) is 4. The summed E-state index contributed by atoms with van der Waals surface area (Å²) in [5.41, 5.74) is 7.15. The van der Waals surface area contributed by atoms with Gasteiger partial charge in [-0.05, 0) is 12.8 Å². The van der Waals surface area contributed by atoms with E-state index in [1.807, 2.05) is 12.1 Å². The van der Waals surface area contributed by atoms with Crippen LogP contribution in [0, 0.1) is 0 Å². The molecule has 0 amide bonds. The second kappa shape index (κ2) is 6.12. The topological polar surface area (TPSA) is 62.9 Å². The number of rotatable bonds is 5. The molecule has 1 aromatic carbocycles. The summed E-state index contributed by atoms with van der Waals surface area (Å²) in [5.74, 6) is 2.01. The molecule has 2 unspecified atom stereocenters. The van der Waals surface area contributed by atoms with Crippen LogP contribution in [0.1, 0.15) is 24.4 Å². The van der Waals surface area contributed by atoms with E-state index in [1.165, 1.54) is 0 Å². The average molecular weight is 267 g/mol. The van der Waals surface area contributed by atoms with E-state index >= 15 is 0 Å². The van der Waals surface area contributed by atoms with E-state index in [2.05, 4.69) is 0 Å². The Balaban J connectivity index is 2.40. The minimum atomic E-state index is -0.265. The van der Waals surface area contributed by atoms with Gasteiger partial charge in [0.2, 0.25) is 0 Å². The Morgan fingerprint density at radius 1 is 1.16 bits per heavy atom. The zero-order valence-corrected chi connectivity index (χ0v) is 11.6. The lowest BCUT2D eigenvalue weighted by Gasteiger charge is -2.23. The molecule has 1 saturated heterocycles. The SMILES string of the molecule is COc1cc(OC)c(C(N)C2CCCO2)c(OC)c1. The summed E-state index contributed by atoms with van der Waals surface area (Å²) in [5, 5.41) is 0. The molecule has 1 heterocycles. The molecule has 1 fully saturated rings. The summed E-state index contributed by atoms with van der Waals surface area (Å²) >= 11 is 0. The first-order chi connectivity index (χ1) is 9.21.